The van der Waals surface area contributed by atoms with Crippen LogP contribution in [0.4, 0.5) is 5.69 Å². The van der Waals surface area contributed by atoms with Crippen LogP contribution in [0.5, 0.6) is 0 Å². The first kappa shape index (κ1) is 23.3. The molecule has 1 saturated heterocycles. The van der Waals surface area contributed by atoms with Crippen molar-refractivity contribution in [3.8, 4) is 11.3 Å². The van der Waals surface area contributed by atoms with Gasteiger partial charge in [0.15, 0.2) is 9.84 Å². The fourth-order valence-electron chi connectivity index (χ4n) is 4.50. The second-order valence-electron chi connectivity index (χ2n) is 8.82. The van der Waals surface area contributed by atoms with Crippen LogP contribution in [0.2, 0.25) is 0 Å². The summed E-state index contributed by atoms with van der Waals surface area (Å²) in [7, 11) is -3.28. The average molecular weight is 466 g/mol. The zero-order valence-electron chi connectivity index (χ0n) is 19.5. The molecule has 0 unspecified atom stereocenters. The number of carbonyl (C=O) groups excluding carboxylic acids is 1. The summed E-state index contributed by atoms with van der Waals surface area (Å²) in [6.45, 7) is 8.14. The Morgan fingerprint density at radius 3 is 2.27 bits per heavy atom. The molecule has 0 radical (unpaired) electrons. The summed E-state index contributed by atoms with van der Waals surface area (Å²) in [6, 6.07) is 14.5. The van der Waals surface area contributed by atoms with Crippen molar-refractivity contribution in [3.05, 3.63) is 71.4 Å². The molecule has 0 bridgehead atoms. The topological polar surface area (TPSA) is 71.4 Å². The van der Waals surface area contributed by atoms with E-state index in [1.54, 1.807) is 12.1 Å². The maximum absolute atomic E-state index is 13.2. The van der Waals surface area contributed by atoms with E-state index < -0.39 is 9.84 Å². The van der Waals surface area contributed by atoms with Crippen molar-refractivity contribution < 1.29 is 13.2 Å². The van der Waals surface area contributed by atoms with Gasteiger partial charge in [0, 0.05) is 36.8 Å². The molecular weight excluding hydrogens is 434 g/mol. The van der Waals surface area contributed by atoms with Gasteiger partial charge in [0.25, 0.3) is 5.91 Å². The molecule has 4 rings (SSSR count). The van der Waals surface area contributed by atoms with Crippen LogP contribution in [0.3, 0.4) is 0 Å². The number of carbonyl (C=O) groups is 1. The number of anilines is 1. The minimum Gasteiger partial charge on any atom is -0.345 e. The predicted molar refractivity (Wildman–Crippen MR) is 133 cm³/mol. The van der Waals surface area contributed by atoms with Crippen molar-refractivity contribution in [2.75, 3.05) is 31.2 Å². The largest absolute Gasteiger partial charge is 0.345 e. The van der Waals surface area contributed by atoms with Crippen LogP contribution in [0.25, 0.3) is 11.3 Å². The predicted octanol–water partition coefficient (Wildman–Crippen LogP) is 4.52. The maximum atomic E-state index is 13.2. The van der Waals surface area contributed by atoms with E-state index in [0.29, 0.717) is 11.3 Å². The first-order chi connectivity index (χ1) is 15.7. The van der Waals surface area contributed by atoms with Gasteiger partial charge in [-0.05, 0) is 75.2 Å². The Kier molecular flexibility index (Phi) is 6.72. The molecule has 2 aromatic carbocycles. The Morgan fingerprint density at radius 2 is 1.64 bits per heavy atom. The van der Waals surface area contributed by atoms with E-state index in [0.717, 1.165) is 43.0 Å². The van der Waals surface area contributed by atoms with Gasteiger partial charge in [-0.25, -0.2) is 8.42 Å². The van der Waals surface area contributed by atoms with Crippen molar-refractivity contribution >= 4 is 21.4 Å². The van der Waals surface area contributed by atoms with Gasteiger partial charge in [-0.2, -0.15) is 0 Å². The van der Waals surface area contributed by atoms with Gasteiger partial charge >= 0.3 is 0 Å². The quantitative estimate of drug-likeness (QED) is 0.557. The fraction of sp³-hybridized carbons (Fsp3) is 0.346. The lowest BCUT2D eigenvalue weighted by atomic mass is 10.0. The van der Waals surface area contributed by atoms with Gasteiger partial charge < -0.3 is 14.8 Å². The molecule has 2 heterocycles. The standard InChI is InChI=1S/C26H31N3O3S/c1-19-8-4-5-9-23(19)25-20(2)24(18-29(25)17-16-28-14-6-7-15-28)26(30)27-21-10-12-22(13-11-21)33(3,31)32/h4-5,8-13,18H,6-7,14-17H2,1-3H3,(H,27,30). The molecule has 1 fully saturated rings. The Labute approximate surface area is 196 Å². The lowest BCUT2D eigenvalue weighted by Gasteiger charge is -2.17. The summed E-state index contributed by atoms with van der Waals surface area (Å²) < 4.78 is 25.6. The zero-order chi connectivity index (χ0) is 23.6. The molecule has 6 nitrogen and oxygen atoms in total. The molecule has 0 aliphatic carbocycles. The second-order valence-corrected chi connectivity index (χ2v) is 10.8. The van der Waals surface area contributed by atoms with E-state index in [9.17, 15) is 13.2 Å². The third-order valence-electron chi connectivity index (χ3n) is 6.37. The maximum Gasteiger partial charge on any atom is 0.257 e. The van der Waals surface area contributed by atoms with E-state index in [1.807, 2.05) is 25.3 Å². The highest BCUT2D eigenvalue weighted by molar-refractivity contribution is 7.90. The second kappa shape index (κ2) is 9.53. The molecule has 174 valence electrons. The number of hydrogen-bond acceptors (Lipinski definition) is 4. The number of sulfone groups is 1. The Bertz CT molecular complexity index is 1250. The van der Waals surface area contributed by atoms with Gasteiger partial charge in [-0.1, -0.05) is 24.3 Å². The normalized spacial score (nSPS) is 14.5. The Morgan fingerprint density at radius 1 is 0.970 bits per heavy atom. The Hall–Kier alpha value is -2.90. The van der Waals surface area contributed by atoms with Crippen LogP contribution in [0.1, 0.15) is 34.3 Å². The summed E-state index contributed by atoms with van der Waals surface area (Å²) >= 11 is 0. The smallest absolute Gasteiger partial charge is 0.257 e. The highest BCUT2D eigenvalue weighted by atomic mass is 32.2. The zero-order valence-corrected chi connectivity index (χ0v) is 20.3. The fourth-order valence-corrected chi connectivity index (χ4v) is 5.13. The number of aryl methyl sites for hydroxylation is 1. The third-order valence-corrected chi connectivity index (χ3v) is 7.50. The van der Waals surface area contributed by atoms with Gasteiger partial charge in [0.2, 0.25) is 0 Å². The van der Waals surface area contributed by atoms with Crippen molar-refractivity contribution in [2.24, 2.45) is 0 Å². The van der Waals surface area contributed by atoms with Crippen LogP contribution >= 0.6 is 0 Å². The SMILES string of the molecule is Cc1ccccc1-c1c(C)c(C(=O)Nc2ccc(S(C)(=O)=O)cc2)cn1CCN1CCCC1. The highest BCUT2D eigenvalue weighted by Gasteiger charge is 2.21. The summed E-state index contributed by atoms with van der Waals surface area (Å²) in [5.41, 5.74) is 5.51. The summed E-state index contributed by atoms with van der Waals surface area (Å²) in [4.78, 5) is 15.9. The molecule has 7 heteroatoms. The molecule has 3 aromatic rings. The highest BCUT2D eigenvalue weighted by Crippen LogP contribution is 2.31. The number of rotatable bonds is 7. The van der Waals surface area contributed by atoms with Crippen LogP contribution in [0, 0.1) is 13.8 Å². The van der Waals surface area contributed by atoms with Crippen LogP contribution in [0.15, 0.2) is 59.6 Å². The van der Waals surface area contributed by atoms with Gasteiger partial charge in [-0.15, -0.1) is 0 Å². The number of nitrogens with zero attached hydrogens (tertiary/aromatic N) is 2. The minimum atomic E-state index is -3.28. The first-order valence-corrected chi connectivity index (χ1v) is 13.2. The molecule has 1 aromatic heterocycles. The summed E-state index contributed by atoms with van der Waals surface area (Å²) in [5.74, 6) is -0.200. The van der Waals surface area contributed by atoms with Gasteiger partial charge in [0.1, 0.15) is 0 Å². The number of amides is 1. The van der Waals surface area contributed by atoms with E-state index >= 15 is 0 Å². The molecule has 0 saturated carbocycles. The van der Waals surface area contributed by atoms with Crippen molar-refractivity contribution in [2.45, 2.75) is 38.1 Å². The van der Waals surface area contributed by atoms with Gasteiger partial charge in [-0.3, -0.25) is 4.79 Å². The molecule has 33 heavy (non-hydrogen) atoms. The van der Waals surface area contributed by atoms with E-state index in [2.05, 4.69) is 33.8 Å². The molecular formula is C26H31N3O3S. The average Bonchev–Trinajstić information content (AvgIpc) is 3.40. The van der Waals surface area contributed by atoms with Crippen LogP contribution < -0.4 is 5.32 Å². The van der Waals surface area contributed by atoms with E-state index in [1.165, 1.54) is 36.8 Å². The monoisotopic (exact) mass is 465 g/mol. The number of hydrogen-bond donors (Lipinski definition) is 1. The molecule has 1 aliphatic rings. The number of likely N-dealkylation sites (tertiary alicyclic amines) is 1. The molecule has 0 spiro atoms. The number of nitrogens with one attached hydrogen (secondary N) is 1. The molecule has 1 amide bonds. The lowest BCUT2D eigenvalue weighted by Crippen LogP contribution is -2.24. The molecule has 0 atom stereocenters. The molecule has 1 aliphatic heterocycles. The number of aromatic nitrogens is 1. The van der Waals surface area contributed by atoms with Crippen molar-refractivity contribution in [1.29, 1.82) is 0 Å². The van der Waals surface area contributed by atoms with E-state index in [-0.39, 0.29) is 10.8 Å². The number of benzene rings is 2. The van der Waals surface area contributed by atoms with Gasteiger partial charge in [0.05, 0.1) is 16.2 Å². The summed E-state index contributed by atoms with van der Waals surface area (Å²) in [6.07, 6.45) is 5.62. The minimum absolute atomic E-state index is 0.200. The first-order valence-electron chi connectivity index (χ1n) is 11.3. The van der Waals surface area contributed by atoms with Crippen LogP contribution in [-0.4, -0.2) is 49.7 Å². The lowest BCUT2D eigenvalue weighted by molar-refractivity contribution is 0.102. The summed E-state index contributed by atoms with van der Waals surface area (Å²) in [5, 5.41) is 2.92. The third kappa shape index (κ3) is 5.20. The Balaban J connectivity index is 1.64. The van der Waals surface area contributed by atoms with Crippen molar-refractivity contribution in [3.63, 3.8) is 0 Å². The molecule has 1 N–H and O–H groups in total. The van der Waals surface area contributed by atoms with E-state index in [4.69, 9.17) is 0 Å². The van der Waals surface area contributed by atoms with Crippen LogP contribution in [-0.2, 0) is 16.4 Å². The van der Waals surface area contributed by atoms with Crippen molar-refractivity contribution in [1.82, 2.24) is 9.47 Å².